The maximum atomic E-state index is 11.6. The van der Waals surface area contributed by atoms with Crippen molar-refractivity contribution in [3.63, 3.8) is 0 Å². The van der Waals surface area contributed by atoms with E-state index in [0.29, 0.717) is 25.2 Å². The molecule has 0 aliphatic heterocycles. The van der Waals surface area contributed by atoms with E-state index in [1.165, 1.54) is 6.26 Å². The second-order valence-corrected chi connectivity index (χ2v) is 6.69. The van der Waals surface area contributed by atoms with E-state index in [4.69, 9.17) is 11.6 Å². The molecule has 94 valence electrons. The zero-order valence-electron chi connectivity index (χ0n) is 9.81. The third kappa shape index (κ3) is 2.60. The van der Waals surface area contributed by atoms with Crippen molar-refractivity contribution in [3.05, 3.63) is 39.7 Å². The quantitative estimate of drug-likeness (QED) is 0.797. The zero-order valence-corrected chi connectivity index (χ0v) is 12.2. The fourth-order valence-corrected chi connectivity index (χ4v) is 3.77. The maximum absolute atomic E-state index is 11.6. The number of hydrogen-bond donors (Lipinski definition) is 0. The fourth-order valence-electron chi connectivity index (χ4n) is 1.69. The lowest BCUT2D eigenvalue weighted by Crippen LogP contribution is -1.96. The largest absolute Gasteiger partial charge is 0.611 e. The minimum absolute atomic E-state index is 0.310. The summed E-state index contributed by atoms with van der Waals surface area (Å²) in [6.45, 7) is 0. The number of rotatable bonds is 2. The first-order valence-corrected chi connectivity index (χ1v) is 7.90. The molecule has 19 heavy (non-hydrogen) atoms. The van der Waals surface area contributed by atoms with Gasteiger partial charge in [-0.05, 0) is 28.9 Å². The lowest BCUT2D eigenvalue weighted by Gasteiger charge is -2.02. The first-order valence-electron chi connectivity index (χ1n) is 5.14. The Bertz CT molecular complexity index is 693. The molecule has 6 heteroatoms. The summed E-state index contributed by atoms with van der Waals surface area (Å²) in [5.74, 6) is 0. The molecule has 0 bridgehead atoms. The summed E-state index contributed by atoms with van der Waals surface area (Å²) in [7, 11) is 0. The van der Waals surface area contributed by atoms with Crippen LogP contribution in [-0.2, 0) is 11.2 Å². The second-order valence-electron chi connectivity index (χ2n) is 3.65. The van der Waals surface area contributed by atoms with Gasteiger partial charge in [0.2, 0.25) is 4.21 Å². The van der Waals surface area contributed by atoms with Gasteiger partial charge < -0.3 is 4.55 Å². The van der Waals surface area contributed by atoms with Crippen LogP contribution in [0.3, 0.4) is 0 Å². The predicted octanol–water partition coefficient (Wildman–Crippen LogP) is 3.55. The molecule has 0 aliphatic carbocycles. The summed E-state index contributed by atoms with van der Waals surface area (Å²) in [6, 6.07) is 11.0. The summed E-state index contributed by atoms with van der Waals surface area (Å²) in [4.78, 5) is 0.393. The second kappa shape index (κ2) is 5.64. The Morgan fingerprint density at radius 3 is 2.32 bits per heavy atom. The number of hydrogen-bond acceptors (Lipinski definition) is 4. The van der Waals surface area contributed by atoms with Gasteiger partial charge in [0.05, 0.1) is 0 Å². The van der Waals surface area contributed by atoms with Crippen molar-refractivity contribution < 1.29 is 4.55 Å². The number of halogens is 1. The lowest BCUT2D eigenvalue weighted by molar-refractivity contribution is 0.602. The van der Waals surface area contributed by atoms with E-state index in [-0.39, 0.29) is 0 Å². The highest BCUT2D eigenvalue weighted by Crippen LogP contribution is 2.38. The average molecular weight is 307 g/mol. The Kier molecular flexibility index (Phi) is 4.14. The molecule has 1 heterocycles. The molecule has 1 unspecified atom stereocenters. The molecule has 1 atom stereocenters. The van der Waals surface area contributed by atoms with E-state index in [2.05, 4.69) is 6.07 Å². The van der Waals surface area contributed by atoms with Gasteiger partial charge in [-0.1, -0.05) is 35.1 Å². The van der Waals surface area contributed by atoms with Gasteiger partial charge in [-0.25, -0.2) is 0 Å². The minimum Gasteiger partial charge on any atom is -0.611 e. The van der Waals surface area contributed by atoms with Crippen molar-refractivity contribution >= 4 is 34.1 Å². The smallest absolute Gasteiger partial charge is 0.226 e. The summed E-state index contributed by atoms with van der Waals surface area (Å²) < 4.78 is 12.1. The third-order valence-electron chi connectivity index (χ3n) is 2.48. The van der Waals surface area contributed by atoms with Gasteiger partial charge in [0.15, 0.2) is 0 Å². The first kappa shape index (κ1) is 13.9. The van der Waals surface area contributed by atoms with Crippen LogP contribution in [-0.4, -0.2) is 10.8 Å². The summed E-state index contributed by atoms with van der Waals surface area (Å²) in [5.41, 5.74) is 1.58. The van der Waals surface area contributed by atoms with Gasteiger partial charge in [0, 0.05) is 10.6 Å². The predicted molar refractivity (Wildman–Crippen MR) is 76.5 cm³/mol. The molecule has 0 amide bonds. The first-order chi connectivity index (χ1) is 9.08. The molecule has 0 fully saturated rings. The maximum Gasteiger partial charge on any atom is 0.226 e. The van der Waals surface area contributed by atoms with Crippen molar-refractivity contribution in [2.24, 2.45) is 0 Å². The molecular weight excluding hydrogens is 300 g/mol. The van der Waals surface area contributed by atoms with E-state index < -0.39 is 11.2 Å². The van der Waals surface area contributed by atoms with E-state index >= 15 is 0 Å². The molecule has 2 aromatic rings. The Labute approximate surface area is 122 Å². The summed E-state index contributed by atoms with van der Waals surface area (Å²) in [6.07, 6.45) is 1.50. The van der Waals surface area contributed by atoms with Gasteiger partial charge in [-0.3, -0.25) is 0 Å². The Morgan fingerprint density at radius 1 is 1.21 bits per heavy atom. The van der Waals surface area contributed by atoms with Crippen LogP contribution in [0.5, 0.6) is 0 Å². The molecule has 0 saturated carbocycles. The SMILES string of the molecule is C[S+]([O-])c1sc(C#N)c(-c2ccc(Cl)cc2)c1C#N. The van der Waals surface area contributed by atoms with Crippen molar-refractivity contribution in [2.45, 2.75) is 4.21 Å². The summed E-state index contributed by atoms with van der Waals surface area (Å²) >= 11 is 5.64. The van der Waals surface area contributed by atoms with Gasteiger partial charge >= 0.3 is 0 Å². The van der Waals surface area contributed by atoms with Crippen LogP contribution >= 0.6 is 22.9 Å². The monoisotopic (exact) mass is 306 g/mol. The number of nitrogens with zero attached hydrogens (tertiary/aromatic N) is 2. The third-order valence-corrected chi connectivity index (χ3v) is 5.30. The number of benzene rings is 1. The van der Waals surface area contributed by atoms with Crippen LogP contribution in [0.2, 0.25) is 5.02 Å². The van der Waals surface area contributed by atoms with E-state index in [1.807, 2.05) is 6.07 Å². The molecule has 3 nitrogen and oxygen atoms in total. The molecule has 2 rings (SSSR count). The van der Waals surface area contributed by atoms with Crippen LogP contribution in [0.15, 0.2) is 28.5 Å². The van der Waals surface area contributed by atoms with Crippen molar-refractivity contribution in [3.8, 4) is 23.3 Å². The molecule has 0 saturated heterocycles. The Morgan fingerprint density at radius 2 is 1.84 bits per heavy atom. The van der Waals surface area contributed by atoms with Gasteiger partial charge in [-0.15, -0.1) is 0 Å². The minimum atomic E-state index is -1.29. The van der Waals surface area contributed by atoms with Crippen molar-refractivity contribution in [2.75, 3.05) is 6.26 Å². The highest BCUT2D eigenvalue weighted by Gasteiger charge is 2.25. The highest BCUT2D eigenvalue weighted by molar-refractivity contribution is 7.92. The van der Waals surface area contributed by atoms with Crippen LogP contribution in [0, 0.1) is 22.7 Å². The topological polar surface area (TPSA) is 70.6 Å². The van der Waals surface area contributed by atoms with Crippen LogP contribution in [0.1, 0.15) is 10.4 Å². The molecule has 0 N–H and O–H groups in total. The average Bonchev–Trinajstić information content (AvgIpc) is 2.78. The normalized spacial score (nSPS) is 11.6. The number of nitriles is 2. The Balaban J connectivity index is 2.72. The molecule has 0 aliphatic rings. The van der Waals surface area contributed by atoms with Gasteiger partial charge in [0.1, 0.15) is 28.8 Å². The van der Waals surface area contributed by atoms with Crippen molar-refractivity contribution in [1.82, 2.24) is 0 Å². The summed E-state index contributed by atoms with van der Waals surface area (Å²) in [5, 5.41) is 19.0. The van der Waals surface area contributed by atoms with Crippen molar-refractivity contribution in [1.29, 1.82) is 10.5 Å². The van der Waals surface area contributed by atoms with E-state index in [0.717, 1.165) is 16.9 Å². The Hall–Kier alpha value is -1.50. The molecule has 0 spiro atoms. The standard InChI is InChI=1S/C13H7ClN2OS2/c1-19(17)13-10(6-15)12(11(7-16)18-13)8-2-4-9(14)5-3-8/h2-5H,1H3. The number of thiophene rings is 1. The van der Waals surface area contributed by atoms with Crippen LogP contribution in [0.25, 0.3) is 11.1 Å². The highest BCUT2D eigenvalue weighted by atomic mass is 35.5. The molecule has 0 radical (unpaired) electrons. The van der Waals surface area contributed by atoms with Gasteiger partial charge in [-0.2, -0.15) is 10.5 Å². The zero-order chi connectivity index (χ0) is 14.0. The van der Waals surface area contributed by atoms with Gasteiger partial charge in [0.25, 0.3) is 0 Å². The van der Waals surface area contributed by atoms with Crippen LogP contribution in [0.4, 0.5) is 0 Å². The molecular formula is C13H7ClN2OS2. The fraction of sp³-hybridized carbons (Fsp3) is 0.0769. The van der Waals surface area contributed by atoms with Crippen LogP contribution < -0.4 is 0 Å². The van der Waals surface area contributed by atoms with E-state index in [1.54, 1.807) is 24.3 Å². The van der Waals surface area contributed by atoms with E-state index in [9.17, 15) is 15.1 Å². The molecule has 1 aromatic carbocycles. The molecule has 1 aromatic heterocycles. The lowest BCUT2D eigenvalue weighted by atomic mass is 10.0.